The highest BCUT2D eigenvalue weighted by Gasteiger charge is 2.23. The Morgan fingerprint density at radius 1 is 1.30 bits per heavy atom. The summed E-state index contributed by atoms with van der Waals surface area (Å²) in [4.78, 5) is 26.8. The third-order valence-electron chi connectivity index (χ3n) is 4.03. The molecule has 1 fully saturated rings. The van der Waals surface area contributed by atoms with E-state index in [-0.39, 0.29) is 17.5 Å². The first-order chi connectivity index (χ1) is 9.63. The average Bonchev–Trinajstić information content (AvgIpc) is 2.84. The van der Waals surface area contributed by atoms with E-state index < -0.39 is 0 Å². The smallest absolute Gasteiger partial charge is 0.268 e. The summed E-state index contributed by atoms with van der Waals surface area (Å²) in [6.45, 7) is 2.20. The second-order valence-electron chi connectivity index (χ2n) is 5.69. The fourth-order valence-electron chi connectivity index (χ4n) is 2.93. The van der Waals surface area contributed by atoms with Crippen LogP contribution in [0, 0.1) is 5.92 Å². The van der Waals surface area contributed by atoms with Crippen LogP contribution in [0.3, 0.4) is 0 Å². The molecule has 0 saturated heterocycles. The predicted octanol–water partition coefficient (Wildman–Crippen LogP) is 2.45. The third kappa shape index (κ3) is 2.46. The summed E-state index contributed by atoms with van der Waals surface area (Å²) in [6.07, 6.45) is 3.19. The van der Waals surface area contributed by atoms with Crippen molar-refractivity contribution < 1.29 is 4.79 Å². The molecule has 1 aliphatic rings. The normalized spacial score (nSPS) is 22.1. The zero-order chi connectivity index (χ0) is 14.1. The maximum atomic E-state index is 12.2. The quantitative estimate of drug-likeness (QED) is 0.880. The van der Waals surface area contributed by atoms with E-state index in [2.05, 4.69) is 17.2 Å². The highest BCUT2D eigenvalue weighted by atomic mass is 16.2. The Balaban J connectivity index is 1.86. The van der Waals surface area contributed by atoms with Gasteiger partial charge in [0.1, 0.15) is 5.69 Å². The average molecular weight is 270 g/mol. The zero-order valence-electron chi connectivity index (χ0n) is 11.5. The van der Waals surface area contributed by atoms with Crippen LogP contribution in [0.15, 0.2) is 35.1 Å². The van der Waals surface area contributed by atoms with Gasteiger partial charge in [-0.05, 0) is 42.7 Å². The molecule has 1 heterocycles. The lowest BCUT2D eigenvalue weighted by Crippen LogP contribution is -2.34. The Kier molecular flexibility index (Phi) is 3.30. The van der Waals surface area contributed by atoms with Gasteiger partial charge < -0.3 is 10.3 Å². The predicted molar refractivity (Wildman–Crippen MR) is 78.8 cm³/mol. The van der Waals surface area contributed by atoms with Crippen molar-refractivity contribution in [2.75, 3.05) is 0 Å². The fourth-order valence-corrected chi connectivity index (χ4v) is 2.93. The number of nitrogens with one attached hydrogen (secondary N) is 2. The van der Waals surface area contributed by atoms with Gasteiger partial charge in [0.25, 0.3) is 11.5 Å². The number of rotatable bonds is 2. The molecule has 104 valence electrons. The second kappa shape index (κ2) is 5.12. The highest BCUT2D eigenvalue weighted by Crippen LogP contribution is 2.24. The summed E-state index contributed by atoms with van der Waals surface area (Å²) in [5.74, 6) is 0.475. The topological polar surface area (TPSA) is 62.0 Å². The minimum atomic E-state index is -0.215. The van der Waals surface area contributed by atoms with Crippen molar-refractivity contribution in [3.05, 3.63) is 46.4 Å². The summed E-state index contributed by atoms with van der Waals surface area (Å²) in [7, 11) is 0. The molecule has 2 unspecified atom stereocenters. The van der Waals surface area contributed by atoms with Crippen LogP contribution in [0.25, 0.3) is 10.8 Å². The van der Waals surface area contributed by atoms with Crippen molar-refractivity contribution in [3.63, 3.8) is 0 Å². The summed E-state index contributed by atoms with van der Waals surface area (Å²) < 4.78 is 0. The van der Waals surface area contributed by atoms with Gasteiger partial charge in [0, 0.05) is 11.4 Å². The molecule has 1 saturated carbocycles. The number of benzene rings is 1. The molecule has 4 heteroatoms. The van der Waals surface area contributed by atoms with E-state index in [4.69, 9.17) is 0 Å². The van der Waals surface area contributed by atoms with Crippen molar-refractivity contribution in [1.29, 1.82) is 0 Å². The van der Waals surface area contributed by atoms with E-state index in [1.54, 1.807) is 12.1 Å². The number of hydrogen-bond acceptors (Lipinski definition) is 2. The lowest BCUT2D eigenvalue weighted by atomic mass is 10.1. The number of aromatic amines is 1. The standard InChI is InChI=1S/C16H18N2O2/c1-10-6-7-12(8-10)17-16(20)14-9-11-4-2-3-5-13(11)15(19)18-14/h2-5,9-10,12H,6-8H2,1H3,(H,17,20)(H,18,19). The Hall–Kier alpha value is -2.10. The van der Waals surface area contributed by atoms with E-state index in [1.165, 1.54) is 0 Å². The van der Waals surface area contributed by atoms with E-state index in [9.17, 15) is 9.59 Å². The summed E-state index contributed by atoms with van der Waals surface area (Å²) in [5.41, 5.74) is 0.126. The van der Waals surface area contributed by atoms with Gasteiger partial charge in [-0.3, -0.25) is 9.59 Å². The molecule has 0 radical (unpaired) electrons. The van der Waals surface area contributed by atoms with Crippen LogP contribution in [-0.4, -0.2) is 16.9 Å². The van der Waals surface area contributed by atoms with Crippen LogP contribution < -0.4 is 10.9 Å². The van der Waals surface area contributed by atoms with E-state index in [0.717, 1.165) is 24.6 Å². The van der Waals surface area contributed by atoms with Crippen LogP contribution in [0.1, 0.15) is 36.7 Å². The first-order valence-corrected chi connectivity index (χ1v) is 7.06. The Labute approximate surface area is 117 Å². The molecule has 1 aromatic carbocycles. The molecule has 0 aliphatic heterocycles. The third-order valence-corrected chi connectivity index (χ3v) is 4.03. The Bertz CT molecular complexity index is 705. The van der Waals surface area contributed by atoms with Gasteiger partial charge >= 0.3 is 0 Å². The number of carbonyl (C=O) groups is 1. The van der Waals surface area contributed by atoms with Crippen LogP contribution in [0.2, 0.25) is 0 Å². The van der Waals surface area contributed by atoms with E-state index >= 15 is 0 Å². The lowest BCUT2D eigenvalue weighted by molar-refractivity contribution is 0.0932. The molecule has 1 amide bonds. The van der Waals surface area contributed by atoms with Gasteiger partial charge in [-0.2, -0.15) is 0 Å². The van der Waals surface area contributed by atoms with Crippen molar-refractivity contribution in [1.82, 2.24) is 10.3 Å². The maximum Gasteiger partial charge on any atom is 0.268 e. The minimum Gasteiger partial charge on any atom is -0.348 e. The van der Waals surface area contributed by atoms with Crippen molar-refractivity contribution >= 4 is 16.7 Å². The largest absolute Gasteiger partial charge is 0.348 e. The number of fused-ring (bicyclic) bond motifs is 1. The van der Waals surface area contributed by atoms with Crippen LogP contribution in [0.5, 0.6) is 0 Å². The maximum absolute atomic E-state index is 12.2. The molecular weight excluding hydrogens is 252 g/mol. The SMILES string of the molecule is CC1CCC(NC(=O)c2cc3ccccc3c(=O)[nH]2)C1. The minimum absolute atomic E-state index is 0.188. The Morgan fingerprint density at radius 2 is 2.10 bits per heavy atom. The van der Waals surface area contributed by atoms with Crippen LogP contribution >= 0.6 is 0 Å². The lowest BCUT2D eigenvalue weighted by Gasteiger charge is -2.12. The van der Waals surface area contributed by atoms with Crippen molar-refractivity contribution in [3.8, 4) is 0 Å². The molecule has 0 spiro atoms. The zero-order valence-corrected chi connectivity index (χ0v) is 11.5. The number of hydrogen-bond donors (Lipinski definition) is 2. The number of carbonyl (C=O) groups excluding carboxylic acids is 1. The van der Waals surface area contributed by atoms with E-state index in [1.807, 2.05) is 18.2 Å². The Morgan fingerprint density at radius 3 is 2.85 bits per heavy atom. The molecule has 2 aromatic rings. The molecule has 1 aromatic heterocycles. The monoisotopic (exact) mass is 270 g/mol. The molecule has 2 atom stereocenters. The number of H-pyrrole nitrogens is 1. The molecule has 4 nitrogen and oxygen atoms in total. The first kappa shape index (κ1) is 12.9. The number of aromatic nitrogens is 1. The molecular formula is C16H18N2O2. The molecule has 1 aliphatic carbocycles. The van der Waals surface area contributed by atoms with Gasteiger partial charge in [-0.1, -0.05) is 25.1 Å². The second-order valence-corrected chi connectivity index (χ2v) is 5.69. The number of amides is 1. The van der Waals surface area contributed by atoms with Crippen molar-refractivity contribution in [2.45, 2.75) is 32.2 Å². The summed E-state index contributed by atoms with van der Waals surface area (Å²) in [6, 6.07) is 9.25. The molecule has 20 heavy (non-hydrogen) atoms. The molecule has 2 N–H and O–H groups in total. The number of pyridine rings is 1. The van der Waals surface area contributed by atoms with Crippen molar-refractivity contribution in [2.24, 2.45) is 5.92 Å². The fraction of sp³-hybridized carbons (Fsp3) is 0.375. The van der Waals surface area contributed by atoms with Gasteiger partial charge in [0.05, 0.1) is 0 Å². The molecule has 0 bridgehead atoms. The van der Waals surface area contributed by atoms with Gasteiger partial charge in [0.2, 0.25) is 0 Å². The highest BCUT2D eigenvalue weighted by molar-refractivity contribution is 5.96. The van der Waals surface area contributed by atoms with Gasteiger partial charge in [-0.15, -0.1) is 0 Å². The molecule has 3 rings (SSSR count). The summed E-state index contributed by atoms with van der Waals surface area (Å²) in [5, 5.41) is 4.41. The first-order valence-electron chi connectivity index (χ1n) is 7.06. The van der Waals surface area contributed by atoms with Crippen LogP contribution in [-0.2, 0) is 0 Å². The van der Waals surface area contributed by atoms with Gasteiger partial charge in [-0.25, -0.2) is 0 Å². The van der Waals surface area contributed by atoms with Gasteiger partial charge in [0.15, 0.2) is 0 Å². The van der Waals surface area contributed by atoms with Crippen LogP contribution in [0.4, 0.5) is 0 Å². The van der Waals surface area contributed by atoms with E-state index in [0.29, 0.717) is 17.0 Å². The summed E-state index contributed by atoms with van der Waals surface area (Å²) >= 11 is 0.